The van der Waals surface area contributed by atoms with Crippen molar-refractivity contribution in [3.05, 3.63) is 47.8 Å². The van der Waals surface area contributed by atoms with Crippen molar-refractivity contribution in [3.8, 4) is 5.75 Å². The standard InChI is InChI=1S/C20H25N5O2/c1-13(2)12-27-17-7-5-15(6-8-17)10-22-20(26)23-16-9-18-14(3)24-25(4)19(18)21-11-16/h5-9,11,13H,10,12H2,1-4H3,(H2,22,23,26). The number of aromatic nitrogens is 3. The van der Waals surface area contributed by atoms with Gasteiger partial charge in [0.15, 0.2) is 5.65 Å². The van der Waals surface area contributed by atoms with Crippen LogP contribution in [0, 0.1) is 12.8 Å². The summed E-state index contributed by atoms with van der Waals surface area (Å²) >= 11 is 0. The molecule has 0 aliphatic rings. The van der Waals surface area contributed by atoms with E-state index in [1.165, 1.54) is 0 Å². The molecule has 2 heterocycles. The second-order valence-corrected chi connectivity index (χ2v) is 6.96. The highest BCUT2D eigenvalue weighted by Gasteiger charge is 2.09. The molecule has 7 heteroatoms. The van der Waals surface area contributed by atoms with E-state index in [0.29, 0.717) is 24.8 Å². The van der Waals surface area contributed by atoms with Crippen LogP contribution in [0.2, 0.25) is 0 Å². The van der Waals surface area contributed by atoms with Crippen LogP contribution >= 0.6 is 0 Å². The third-order valence-corrected chi connectivity index (χ3v) is 4.08. The Bertz CT molecular complexity index is 931. The fourth-order valence-electron chi connectivity index (χ4n) is 2.70. The van der Waals surface area contributed by atoms with Crippen LogP contribution in [0.5, 0.6) is 5.75 Å². The third kappa shape index (κ3) is 4.75. The van der Waals surface area contributed by atoms with E-state index in [-0.39, 0.29) is 6.03 Å². The quantitative estimate of drug-likeness (QED) is 0.697. The number of anilines is 1. The molecule has 0 fully saturated rings. The van der Waals surface area contributed by atoms with Crippen LogP contribution in [-0.2, 0) is 13.6 Å². The van der Waals surface area contributed by atoms with Crippen LogP contribution in [0.4, 0.5) is 10.5 Å². The molecule has 2 N–H and O–H groups in total. The highest BCUT2D eigenvalue weighted by atomic mass is 16.5. The van der Waals surface area contributed by atoms with Gasteiger partial charge in [0.25, 0.3) is 0 Å². The van der Waals surface area contributed by atoms with E-state index in [9.17, 15) is 4.79 Å². The number of pyridine rings is 1. The lowest BCUT2D eigenvalue weighted by molar-refractivity contribution is 0.251. The molecule has 0 saturated carbocycles. The van der Waals surface area contributed by atoms with Gasteiger partial charge in [0.05, 0.1) is 24.2 Å². The molecule has 3 aromatic rings. The van der Waals surface area contributed by atoms with E-state index in [1.54, 1.807) is 10.9 Å². The second-order valence-electron chi connectivity index (χ2n) is 6.96. The van der Waals surface area contributed by atoms with Gasteiger partial charge in [0.1, 0.15) is 5.75 Å². The predicted molar refractivity (Wildman–Crippen MR) is 106 cm³/mol. The Balaban J connectivity index is 1.54. The minimum atomic E-state index is -0.280. The van der Waals surface area contributed by atoms with Crippen molar-refractivity contribution in [3.63, 3.8) is 0 Å². The molecule has 0 aliphatic heterocycles. The monoisotopic (exact) mass is 367 g/mol. The molecule has 27 heavy (non-hydrogen) atoms. The summed E-state index contributed by atoms with van der Waals surface area (Å²) in [5.41, 5.74) is 3.30. The fraction of sp³-hybridized carbons (Fsp3) is 0.350. The van der Waals surface area contributed by atoms with Gasteiger partial charge in [-0.05, 0) is 36.6 Å². The fourth-order valence-corrected chi connectivity index (χ4v) is 2.70. The number of hydrogen-bond donors (Lipinski definition) is 2. The maximum Gasteiger partial charge on any atom is 0.319 e. The number of nitrogens with one attached hydrogen (secondary N) is 2. The number of ether oxygens (including phenoxy) is 1. The van der Waals surface area contributed by atoms with E-state index in [0.717, 1.165) is 28.0 Å². The molecule has 2 aromatic heterocycles. The molecular weight excluding hydrogens is 342 g/mol. The summed E-state index contributed by atoms with van der Waals surface area (Å²) in [6, 6.07) is 9.33. The van der Waals surface area contributed by atoms with E-state index >= 15 is 0 Å². The Morgan fingerprint density at radius 3 is 2.70 bits per heavy atom. The largest absolute Gasteiger partial charge is 0.493 e. The number of carbonyl (C=O) groups is 1. The van der Waals surface area contributed by atoms with Crippen LogP contribution in [0.25, 0.3) is 11.0 Å². The van der Waals surface area contributed by atoms with Crippen molar-refractivity contribution in [1.29, 1.82) is 0 Å². The minimum absolute atomic E-state index is 0.280. The first-order chi connectivity index (χ1) is 12.9. The maximum atomic E-state index is 12.2. The first-order valence-electron chi connectivity index (χ1n) is 8.98. The zero-order valence-corrected chi connectivity index (χ0v) is 16.1. The van der Waals surface area contributed by atoms with E-state index in [1.807, 2.05) is 44.3 Å². The average molecular weight is 367 g/mol. The van der Waals surface area contributed by atoms with Crippen LogP contribution < -0.4 is 15.4 Å². The van der Waals surface area contributed by atoms with Gasteiger partial charge < -0.3 is 15.4 Å². The van der Waals surface area contributed by atoms with E-state index in [4.69, 9.17) is 4.74 Å². The Kier molecular flexibility index (Phi) is 5.59. The van der Waals surface area contributed by atoms with E-state index in [2.05, 4.69) is 34.6 Å². The van der Waals surface area contributed by atoms with Gasteiger partial charge in [0, 0.05) is 19.0 Å². The van der Waals surface area contributed by atoms with Crippen LogP contribution in [0.15, 0.2) is 36.5 Å². The van der Waals surface area contributed by atoms with Crippen LogP contribution in [-0.4, -0.2) is 27.4 Å². The number of fused-ring (bicyclic) bond motifs is 1. The van der Waals surface area contributed by atoms with Crippen molar-refractivity contribution in [1.82, 2.24) is 20.1 Å². The minimum Gasteiger partial charge on any atom is -0.493 e. The maximum absolute atomic E-state index is 12.2. The number of urea groups is 1. The zero-order valence-electron chi connectivity index (χ0n) is 16.1. The molecule has 142 valence electrons. The van der Waals surface area contributed by atoms with Gasteiger partial charge in [-0.25, -0.2) is 9.78 Å². The van der Waals surface area contributed by atoms with Crippen LogP contribution in [0.3, 0.4) is 0 Å². The molecular formula is C20H25N5O2. The molecule has 0 unspecified atom stereocenters. The zero-order chi connectivity index (χ0) is 19.4. The number of aryl methyl sites for hydroxylation is 2. The normalized spacial score (nSPS) is 11.0. The predicted octanol–water partition coefficient (Wildman–Crippen LogP) is 3.63. The van der Waals surface area contributed by atoms with Crippen molar-refractivity contribution >= 4 is 22.8 Å². The molecule has 2 amide bonds. The molecule has 0 atom stereocenters. The van der Waals surface area contributed by atoms with Crippen molar-refractivity contribution in [2.45, 2.75) is 27.3 Å². The lowest BCUT2D eigenvalue weighted by Crippen LogP contribution is -2.28. The molecule has 0 radical (unpaired) electrons. The van der Waals surface area contributed by atoms with Gasteiger partial charge in [-0.15, -0.1) is 0 Å². The number of amides is 2. The molecule has 3 rings (SSSR count). The van der Waals surface area contributed by atoms with Crippen molar-refractivity contribution < 1.29 is 9.53 Å². The Morgan fingerprint density at radius 1 is 1.26 bits per heavy atom. The molecule has 0 spiro atoms. The Morgan fingerprint density at radius 2 is 2.00 bits per heavy atom. The Hall–Kier alpha value is -3.09. The summed E-state index contributed by atoms with van der Waals surface area (Å²) in [7, 11) is 1.85. The molecule has 7 nitrogen and oxygen atoms in total. The molecule has 0 saturated heterocycles. The summed E-state index contributed by atoms with van der Waals surface area (Å²) in [6.45, 7) is 7.26. The highest BCUT2D eigenvalue weighted by Crippen LogP contribution is 2.19. The number of carbonyl (C=O) groups excluding carboxylic acids is 1. The van der Waals surface area contributed by atoms with E-state index < -0.39 is 0 Å². The topological polar surface area (TPSA) is 81.1 Å². The molecule has 0 aliphatic carbocycles. The highest BCUT2D eigenvalue weighted by molar-refractivity contribution is 5.92. The Labute approximate surface area is 158 Å². The lowest BCUT2D eigenvalue weighted by Gasteiger charge is -2.10. The average Bonchev–Trinajstić information content (AvgIpc) is 2.92. The summed E-state index contributed by atoms with van der Waals surface area (Å²) in [6.07, 6.45) is 1.63. The van der Waals surface area contributed by atoms with Crippen molar-refractivity contribution in [2.24, 2.45) is 13.0 Å². The van der Waals surface area contributed by atoms with Gasteiger partial charge >= 0.3 is 6.03 Å². The first-order valence-corrected chi connectivity index (χ1v) is 8.98. The van der Waals surface area contributed by atoms with Gasteiger partial charge in [-0.1, -0.05) is 26.0 Å². The first kappa shape index (κ1) is 18.7. The van der Waals surface area contributed by atoms with Gasteiger partial charge in [-0.2, -0.15) is 5.10 Å². The number of hydrogen-bond acceptors (Lipinski definition) is 4. The third-order valence-electron chi connectivity index (χ3n) is 4.08. The van der Waals surface area contributed by atoms with Gasteiger partial charge in [-0.3, -0.25) is 4.68 Å². The summed E-state index contributed by atoms with van der Waals surface area (Å²) in [5, 5.41) is 10.9. The summed E-state index contributed by atoms with van der Waals surface area (Å²) in [4.78, 5) is 16.5. The smallest absolute Gasteiger partial charge is 0.319 e. The van der Waals surface area contributed by atoms with Crippen molar-refractivity contribution in [2.75, 3.05) is 11.9 Å². The molecule has 0 bridgehead atoms. The second kappa shape index (κ2) is 8.07. The molecule has 1 aromatic carbocycles. The SMILES string of the molecule is Cc1nn(C)c2ncc(NC(=O)NCc3ccc(OCC(C)C)cc3)cc12. The van der Waals surface area contributed by atoms with Crippen LogP contribution in [0.1, 0.15) is 25.1 Å². The summed E-state index contributed by atoms with van der Waals surface area (Å²) < 4.78 is 7.39. The number of benzene rings is 1. The van der Waals surface area contributed by atoms with Gasteiger partial charge in [0.2, 0.25) is 0 Å². The summed E-state index contributed by atoms with van der Waals surface area (Å²) in [5.74, 6) is 1.32. The lowest BCUT2D eigenvalue weighted by atomic mass is 10.2. The number of nitrogens with zero attached hydrogens (tertiary/aromatic N) is 3. The number of rotatable bonds is 6.